The highest BCUT2D eigenvalue weighted by atomic mass is 14.6. The molecule has 0 aliphatic heterocycles. The number of rotatable bonds is 7. The highest BCUT2D eigenvalue weighted by Gasteiger charge is 2.27. The van der Waals surface area contributed by atoms with Gasteiger partial charge >= 0.3 is 0 Å². The molecular weight excluding hydrogens is 725 g/mol. The van der Waals surface area contributed by atoms with Gasteiger partial charge in [0.05, 0.1) is 0 Å². The van der Waals surface area contributed by atoms with Crippen molar-refractivity contribution in [2.24, 2.45) is 5.73 Å². The molecule has 0 unspecified atom stereocenters. The van der Waals surface area contributed by atoms with E-state index in [0.29, 0.717) is 0 Å². The molecule has 0 saturated carbocycles. The van der Waals surface area contributed by atoms with E-state index in [0.717, 1.165) is 40.9 Å². The third-order valence-corrected chi connectivity index (χ3v) is 12.1. The van der Waals surface area contributed by atoms with Crippen LogP contribution in [0.4, 0.5) is 5.69 Å². The molecule has 5 aromatic carbocycles. The lowest BCUT2D eigenvalue weighted by molar-refractivity contribution is 0.589. The molecule has 0 spiro atoms. The third kappa shape index (κ3) is 9.49. The summed E-state index contributed by atoms with van der Waals surface area (Å²) >= 11 is 0. The fourth-order valence-electron chi connectivity index (χ4n) is 8.19. The molecule has 0 amide bonds. The molecular formula is C58H70N2. The van der Waals surface area contributed by atoms with E-state index in [9.17, 15) is 0 Å². The zero-order chi connectivity index (χ0) is 43.9. The van der Waals surface area contributed by atoms with Crippen molar-refractivity contribution >= 4 is 23.4 Å². The van der Waals surface area contributed by atoms with E-state index in [1.807, 2.05) is 13.0 Å². The van der Waals surface area contributed by atoms with E-state index in [1.165, 1.54) is 72.3 Å². The smallest absolute Gasteiger partial charge is 0.0470 e. The quantitative estimate of drug-likeness (QED) is 0.161. The molecule has 0 fully saturated rings. The lowest BCUT2D eigenvalue weighted by Crippen LogP contribution is -2.13. The Hall–Kier alpha value is -5.34. The number of nitrogen functional groups attached to an aromatic ring is 1. The Morgan fingerprint density at radius 2 is 1.02 bits per heavy atom. The zero-order valence-corrected chi connectivity index (χ0v) is 39.1. The summed E-state index contributed by atoms with van der Waals surface area (Å²) in [7, 11) is 0. The molecule has 60 heavy (non-hydrogen) atoms. The summed E-state index contributed by atoms with van der Waals surface area (Å²) in [5.41, 5.74) is 34.9. The first-order valence-electron chi connectivity index (χ1n) is 22.0. The van der Waals surface area contributed by atoms with Crippen molar-refractivity contribution in [1.82, 2.24) is 0 Å². The van der Waals surface area contributed by atoms with Crippen molar-refractivity contribution in [3.63, 3.8) is 0 Å². The normalized spacial score (nSPS) is 14.8. The molecule has 4 N–H and O–H groups in total. The Labute approximate surface area is 363 Å². The Bertz CT molecular complexity index is 2500. The minimum Gasteiger partial charge on any atom is -0.402 e. The van der Waals surface area contributed by atoms with E-state index >= 15 is 0 Å². The van der Waals surface area contributed by atoms with Crippen LogP contribution < -0.4 is 11.5 Å². The van der Waals surface area contributed by atoms with E-state index in [2.05, 4.69) is 205 Å². The second kappa shape index (κ2) is 16.6. The molecule has 5 aromatic rings. The van der Waals surface area contributed by atoms with Crippen molar-refractivity contribution in [2.45, 2.75) is 131 Å². The van der Waals surface area contributed by atoms with Gasteiger partial charge in [0.2, 0.25) is 0 Å². The molecule has 2 heteroatoms. The van der Waals surface area contributed by atoms with Gasteiger partial charge in [0, 0.05) is 22.5 Å². The summed E-state index contributed by atoms with van der Waals surface area (Å²) in [5, 5.41) is 0. The largest absolute Gasteiger partial charge is 0.402 e. The van der Waals surface area contributed by atoms with Gasteiger partial charge in [-0.3, -0.25) is 0 Å². The van der Waals surface area contributed by atoms with Crippen LogP contribution in [0.25, 0.3) is 51.1 Å². The van der Waals surface area contributed by atoms with Crippen LogP contribution in [-0.2, 0) is 28.1 Å². The molecule has 0 radical (unpaired) electrons. The number of anilines is 1. The van der Waals surface area contributed by atoms with E-state index < -0.39 is 0 Å². The molecule has 1 aliphatic rings. The van der Waals surface area contributed by atoms with Gasteiger partial charge in [0.1, 0.15) is 0 Å². The monoisotopic (exact) mass is 795 g/mol. The van der Waals surface area contributed by atoms with Crippen molar-refractivity contribution in [1.29, 1.82) is 0 Å². The maximum absolute atomic E-state index is 7.53. The van der Waals surface area contributed by atoms with Crippen molar-refractivity contribution in [3.05, 3.63) is 165 Å². The fraction of sp³-hybridized carbons (Fsp3) is 0.345. The maximum Gasteiger partial charge on any atom is 0.0470 e. The molecule has 312 valence electrons. The Morgan fingerprint density at radius 1 is 0.567 bits per heavy atom. The third-order valence-electron chi connectivity index (χ3n) is 12.1. The van der Waals surface area contributed by atoms with Gasteiger partial charge in [-0.25, -0.2) is 0 Å². The predicted molar refractivity (Wildman–Crippen MR) is 265 cm³/mol. The first kappa shape index (κ1) is 44.2. The molecule has 1 aliphatic carbocycles. The fourth-order valence-corrected chi connectivity index (χ4v) is 8.19. The molecule has 6 rings (SSSR count). The summed E-state index contributed by atoms with van der Waals surface area (Å²) in [6.07, 6.45) is 12.8. The van der Waals surface area contributed by atoms with Crippen molar-refractivity contribution in [2.75, 3.05) is 5.73 Å². The number of hydrogen-bond acceptors (Lipinski definition) is 2. The summed E-state index contributed by atoms with van der Waals surface area (Å²) in [6.45, 7) is 31.5. The average molecular weight is 795 g/mol. The number of benzene rings is 5. The number of hydrogen-bond donors (Lipinski definition) is 2. The van der Waals surface area contributed by atoms with E-state index in [1.54, 1.807) is 0 Å². The van der Waals surface area contributed by atoms with Crippen LogP contribution in [0, 0.1) is 0 Å². The van der Waals surface area contributed by atoms with Gasteiger partial charge in [0.25, 0.3) is 0 Å². The summed E-state index contributed by atoms with van der Waals surface area (Å²) in [4.78, 5) is 0. The lowest BCUT2D eigenvalue weighted by atomic mass is 9.76. The standard InChI is InChI=1S/C58H70N2/c1-15-16-17-48-51(53-35-45(58(12,13)14)29-31-47(53)39-22-26-43(27-23-39)56(6,7)8)33-41-32-40(19-18-37(2)59)49(36-50(41)54(48)60)52-34-44(57(9,10)11)28-30-46(52)38-20-24-42(25-21-38)55(3,4)5/h16-31,33-36H,15,32,59-60H2,1-14H3/b17-16-,37-18-,40-19+. The Morgan fingerprint density at radius 3 is 1.47 bits per heavy atom. The predicted octanol–water partition coefficient (Wildman–Crippen LogP) is 15.8. The van der Waals surface area contributed by atoms with Crippen LogP contribution >= 0.6 is 0 Å². The Balaban J connectivity index is 1.66. The summed E-state index contributed by atoms with van der Waals surface area (Å²) in [6, 6.07) is 34.8. The first-order chi connectivity index (χ1) is 28.0. The van der Waals surface area contributed by atoms with Crippen LogP contribution in [-0.4, -0.2) is 0 Å². The minimum atomic E-state index is -0.0352. The second-order valence-corrected chi connectivity index (χ2v) is 21.1. The SMILES string of the molecule is CC/C=C\c1c(-c2cc(C(C)(C)C)ccc2-c2ccc(C(C)(C)C)cc2)cc2c(c1N)C=C(c1cc(C(C)(C)C)ccc1-c1ccc(C(C)(C)C)cc1)/C(=C/C=C(/C)N)C2. The Kier molecular flexibility index (Phi) is 12.2. The van der Waals surface area contributed by atoms with Gasteiger partial charge in [-0.2, -0.15) is 0 Å². The molecule has 0 saturated heterocycles. The topological polar surface area (TPSA) is 52.0 Å². The van der Waals surface area contributed by atoms with Gasteiger partial charge in [-0.1, -0.05) is 181 Å². The van der Waals surface area contributed by atoms with Crippen LogP contribution in [0.3, 0.4) is 0 Å². The molecule has 0 bridgehead atoms. The maximum atomic E-state index is 7.53. The molecule has 0 aromatic heterocycles. The van der Waals surface area contributed by atoms with Gasteiger partial charge in [0.15, 0.2) is 0 Å². The molecule has 0 atom stereocenters. The van der Waals surface area contributed by atoms with E-state index in [4.69, 9.17) is 11.5 Å². The van der Waals surface area contributed by atoms with Crippen molar-refractivity contribution < 1.29 is 0 Å². The zero-order valence-electron chi connectivity index (χ0n) is 39.1. The molecule has 2 nitrogen and oxygen atoms in total. The second-order valence-electron chi connectivity index (χ2n) is 21.1. The number of allylic oxidation sites excluding steroid dienone is 6. The van der Waals surface area contributed by atoms with Gasteiger partial charge in [-0.05, 0) is 150 Å². The van der Waals surface area contributed by atoms with Crippen LogP contribution in [0.1, 0.15) is 148 Å². The average Bonchev–Trinajstić information content (AvgIpc) is 3.17. The number of fused-ring (bicyclic) bond motifs is 1. The van der Waals surface area contributed by atoms with Crippen LogP contribution in [0.15, 0.2) is 120 Å². The molecule has 0 heterocycles. The minimum absolute atomic E-state index is 0.0329. The van der Waals surface area contributed by atoms with Crippen LogP contribution in [0.5, 0.6) is 0 Å². The number of nitrogens with two attached hydrogens (primary N) is 2. The lowest BCUT2D eigenvalue weighted by Gasteiger charge is -2.28. The highest BCUT2D eigenvalue weighted by Crippen LogP contribution is 2.47. The summed E-state index contributed by atoms with van der Waals surface area (Å²) in [5.74, 6) is 0. The van der Waals surface area contributed by atoms with E-state index in [-0.39, 0.29) is 21.7 Å². The van der Waals surface area contributed by atoms with Crippen LogP contribution in [0.2, 0.25) is 0 Å². The first-order valence-corrected chi connectivity index (χ1v) is 22.0. The van der Waals surface area contributed by atoms with Gasteiger partial charge < -0.3 is 11.5 Å². The highest BCUT2D eigenvalue weighted by molar-refractivity contribution is 6.03. The summed E-state index contributed by atoms with van der Waals surface area (Å²) < 4.78 is 0. The van der Waals surface area contributed by atoms with Gasteiger partial charge in [-0.15, -0.1) is 0 Å². The van der Waals surface area contributed by atoms with Crippen molar-refractivity contribution in [3.8, 4) is 33.4 Å².